The van der Waals surface area contributed by atoms with Gasteiger partial charge in [-0.2, -0.15) is 5.10 Å². The topological polar surface area (TPSA) is 39.1 Å². The smallest absolute Gasteiger partial charge is 0.0759 e. The van der Waals surface area contributed by atoms with Crippen molar-refractivity contribution in [3.63, 3.8) is 0 Å². The van der Waals surface area contributed by atoms with Crippen molar-refractivity contribution < 1.29 is 4.74 Å². The first-order valence-corrected chi connectivity index (χ1v) is 7.94. The molecule has 2 aromatic rings. The normalized spacial score (nSPS) is 18.0. The maximum Gasteiger partial charge on any atom is 0.0759 e. The first-order valence-electron chi connectivity index (χ1n) is 7.94. The van der Waals surface area contributed by atoms with E-state index in [0.29, 0.717) is 12.1 Å². The van der Waals surface area contributed by atoms with Gasteiger partial charge in [-0.1, -0.05) is 18.2 Å². The molecule has 1 aliphatic rings. The number of aromatic nitrogens is 2. The molecule has 1 fully saturated rings. The number of hydrogen-bond acceptors (Lipinski definition) is 3. The molecular weight excluding hydrogens is 262 g/mol. The molecule has 21 heavy (non-hydrogen) atoms. The fourth-order valence-electron chi connectivity index (χ4n) is 3.23. The average Bonchev–Trinajstić information content (AvgIpc) is 3.29. The molecule has 3 rings (SSSR count). The molecule has 4 nitrogen and oxygen atoms in total. The number of ether oxygens (including phenoxy) is 1. The summed E-state index contributed by atoms with van der Waals surface area (Å²) in [6, 6.07) is 8.77. The molecule has 114 valence electrons. The zero-order chi connectivity index (χ0) is 14.8. The first-order chi connectivity index (χ1) is 10.2. The Morgan fingerprint density at radius 3 is 2.81 bits per heavy atom. The summed E-state index contributed by atoms with van der Waals surface area (Å²) in [5.74, 6) is 0.720. The second-order valence-electron chi connectivity index (χ2n) is 5.94. The van der Waals surface area contributed by atoms with Gasteiger partial charge in [0, 0.05) is 31.5 Å². The third-order valence-electron chi connectivity index (χ3n) is 4.46. The van der Waals surface area contributed by atoms with Gasteiger partial charge in [0.25, 0.3) is 0 Å². The van der Waals surface area contributed by atoms with Crippen LogP contribution in [0.3, 0.4) is 0 Å². The second kappa shape index (κ2) is 6.16. The van der Waals surface area contributed by atoms with Crippen molar-refractivity contribution in [1.29, 1.82) is 0 Å². The Hall–Kier alpha value is -1.39. The number of hydrogen-bond donors (Lipinski definition) is 1. The zero-order valence-electron chi connectivity index (χ0n) is 13.2. The SMILES string of the molecule is CCOC(C1CC1)C(Cc1nn(C)c2ccccc12)NC. The lowest BCUT2D eigenvalue weighted by Gasteiger charge is -2.26. The van der Waals surface area contributed by atoms with E-state index in [2.05, 4.69) is 36.5 Å². The van der Waals surface area contributed by atoms with Crippen LogP contribution in [-0.4, -0.2) is 35.6 Å². The van der Waals surface area contributed by atoms with Gasteiger partial charge in [0.2, 0.25) is 0 Å². The standard InChI is InChI=1S/C17H25N3O/c1-4-21-17(12-9-10-12)15(18-2)11-14-13-7-5-6-8-16(13)20(3)19-14/h5-8,12,15,17-18H,4,9-11H2,1-3H3. The van der Waals surface area contributed by atoms with Crippen LogP contribution in [0.4, 0.5) is 0 Å². The summed E-state index contributed by atoms with van der Waals surface area (Å²) in [6.45, 7) is 2.86. The third kappa shape index (κ3) is 2.97. The van der Waals surface area contributed by atoms with Crippen LogP contribution in [0.5, 0.6) is 0 Å². The van der Waals surface area contributed by atoms with Crippen LogP contribution in [0, 0.1) is 5.92 Å². The van der Waals surface area contributed by atoms with Gasteiger partial charge in [-0.15, -0.1) is 0 Å². The van der Waals surface area contributed by atoms with Crippen molar-refractivity contribution in [2.45, 2.75) is 38.3 Å². The highest BCUT2D eigenvalue weighted by Crippen LogP contribution is 2.36. The summed E-state index contributed by atoms with van der Waals surface area (Å²) < 4.78 is 7.99. The molecule has 2 unspecified atom stereocenters. The van der Waals surface area contributed by atoms with Crippen molar-refractivity contribution in [3.05, 3.63) is 30.0 Å². The van der Waals surface area contributed by atoms with E-state index in [9.17, 15) is 0 Å². The van der Waals surface area contributed by atoms with Crippen molar-refractivity contribution in [3.8, 4) is 0 Å². The van der Waals surface area contributed by atoms with Gasteiger partial charge in [0.15, 0.2) is 0 Å². The monoisotopic (exact) mass is 287 g/mol. The molecule has 0 bridgehead atoms. The van der Waals surface area contributed by atoms with E-state index in [1.54, 1.807) is 0 Å². The summed E-state index contributed by atoms with van der Waals surface area (Å²) in [7, 11) is 4.05. The van der Waals surface area contributed by atoms with Gasteiger partial charge in [-0.3, -0.25) is 4.68 Å². The van der Waals surface area contributed by atoms with Crippen LogP contribution in [0.2, 0.25) is 0 Å². The van der Waals surface area contributed by atoms with Gasteiger partial charge in [0.1, 0.15) is 0 Å². The van der Waals surface area contributed by atoms with Crippen molar-refractivity contribution >= 4 is 10.9 Å². The average molecular weight is 287 g/mol. The lowest BCUT2D eigenvalue weighted by Crippen LogP contribution is -2.42. The minimum atomic E-state index is 0.306. The molecule has 1 aromatic heterocycles. The molecule has 0 amide bonds. The van der Waals surface area contributed by atoms with E-state index in [0.717, 1.165) is 24.6 Å². The maximum atomic E-state index is 6.01. The molecule has 1 heterocycles. The van der Waals surface area contributed by atoms with Crippen molar-refractivity contribution in [1.82, 2.24) is 15.1 Å². The molecule has 0 saturated heterocycles. The molecular formula is C17H25N3O. The predicted octanol–water partition coefficient (Wildman–Crippen LogP) is 2.52. The molecule has 1 aromatic carbocycles. The number of rotatable bonds is 7. The lowest BCUT2D eigenvalue weighted by atomic mass is 9.99. The van der Waals surface area contributed by atoms with Gasteiger partial charge >= 0.3 is 0 Å². The number of benzene rings is 1. The molecule has 1 aliphatic carbocycles. The van der Waals surface area contributed by atoms with E-state index in [1.807, 2.05) is 18.8 Å². The quantitative estimate of drug-likeness (QED) is 0.850. The molecule has 0 radical (unpaired) electrons. The summed E-state index contributed by atoms with van der Waals surface area (Å²) in [5.41, 5.74) is 2.36. The van der Waals surface area contributed by atoms with E-state index in [4.69, 9.17) is 9.84 Å². The summed E-state index contributed by atoms with van der Waals surface area (Å²) in [4.78, 5) is 0. The van der Waals surface area contributed by atoms with Crippen LogP contribution in [0.15, 0.2) is 24.3 Å². The second-order valence-corrected chi connectivity index (χ2v) is 5.94. The number of likely N-dealkylation sites (N-methyl/N-ethyl adjacent to an activating group) is 1. The molecule has 1 saturated carbocycles. The summed E-state index contributed by atoms with van der Waals surface area (Å²) in [5, 5.41) is 9.43. The van der Waals surface area contributed by atoms with Crippen LogP contribution < -0.4 is 5.32 Å². The Labute approximate surface area is 126 Å². The molecule has 2 atom stereocenters. The third-order valence-corrected chi connectivity index (χ3v) is 4.46. The predicted molar refractivity (Wildman–Crippen MR) is 85.4 cm³/mol. The van der Waals surface area contributed by atoms with E-state index >= 15 is 0 Å². The fourth-order valence-corrected chi connectivity index (χ4v) is 3.23. The van der Waals surface area contributed by atoms with Crippen molar-refractivity contribution in [2.24, 2.45) is 13.0 Å². The van der Waals surface area contributed by atoms with E-state index in [1.165, 1.54) is 23.7 Å². The summed E-state index contributed by atoms with van der Waals surface area (Å²) >= 11 is 0. The maximum absolute atomic E-state index is 6.01. The Balaban J connectivity index is 1.84. The van der Waals surface area contributed by atoms with Crippen LogP contribution in [0.25, 0.3) is 10.9 Å². The molecule has 4 heteroatoms. The lowest BCUT2D eigenvalue weighted by molar-refractivity contribution is 0.0209. The van der Waals surface area contributed by atoms with Gasteiger partial charge in [0.05, 0.1) is 17.3 Å². The Kier molecular flexibility index (Phi) is 4.27. The van der Waals surface area contributed by atoms with Gasteiger partial charge in [-0.05, 0) is 38.8 Å². The van der Waals surface area contributed by atoms with Crippen LogP contribution >= 0.6 is 0 Å². The van der Waals surface area contributed by atoms with Crippen LogP contribution in [-0.2, 0) is 18.2 Å². The van der Waals surface area contributed by atoms with Gasteiger partial charge < -0.3 is 10.1 Å². The number of fused-ring (bicyclic) bond motifs is 1. The first kappa shape index (κ1) is 14.5. The molecule has 0 spiro atoms. The van der Waals surface area contributed by atoms with Crippen molar-refractivity contribution in [2.75, 3.05) is 13.7 Å². The fraction of sp³-hybridized carbons (Fsp3) is 0.588. The minimum Gasteiger partial charge on any atom is -0.377 e. The Bertz CT molecular complexity index is 603. The highest BCUT2D eigenvalue weighted by Gasteiger charge is 2.37. The largest absolute Gasteiger partial charge is 0.377 e. The number of nitrogens with one attached hydrogen (secondary N) is 1. The Morgan fingerprint density at radius 1 is 1.38 bits per heavy atom. The highest BCUT2D eigenvalue weighted by atomic mass is 16.5. The number of aryl methyl sites for hydroxylation is 1. The highest BCUT2D eigenvalue weighted by molar-refractivity contribution is 5.81. The molecule has 0 aliphatic heterocycles. The van der Waals surface area contributed by atoms with E-state index in [-0.39, 0.29) is 0 Å². The molecule has 1 N–H and O–H groups in total. The van der Waals surface area contributed by atoms with Crippen LogP contribution in [0.1, 0.15) is 25.5 Å². The Morgan fingerprint density at radius 2 is 2.14 bits per heavy atom. The van der Waals surface area contributed by atoms with Gasteiger partial charge in [-0.25, -0.2) is 0 Å². The number of nitrogens with zero attached hydrogens (tertiary/aromatic N) is 2. The minimum absolute atomic E-state index is 0.306. The summed E-state index contributed by atoms with van der Waals surface area (Å²) in [6.07, 6.45) is 3.82. The van der Waals surface area contributed by atoms with E-state index < -0.39 is 0 Å². The number of para-hydroxylation sites is 1. The zero-order valence-corrected chi connectivity index (χ0v) is 13.2.